The Labute approximate surface area is 167 Å². The smallest absolute Gasteiger partial charge is 0.358 e. The van der Waals surface area contributed by atoms with Crippen molar-refractivity contribution in [3.63, 3.8) is 0 Å². The second kappa shape index (κ2) is 10.00. The Morgan fingerprint density at radius 2 is 1.96 bits per heavy atom. The van der Waals surface area contributed by atoms with Gasteiger partial charge in [-0.25, -0.2) is 4.79 Å². The van der Waals surface area contributed by atoms with Gasteiger partial charge in [0, 0.05) is 5.56 Å². The first kappa shape index (κ1) is 20.8. The van der Waals surface area contributed by atoms with E-state index in [0.717, 1.165) is 11.1 Å². The van der Waals surface area contributed by atoms with E-state index in [9.17, 15) is 9.90 Å². The third-order valence-corrected chi connectivity index (χ3v) is 3.85. The number of carboxylic acid groups (broad SMARTS) is 1. The van der Waals surface area contributed by atoms with Crippen LogP contribution in [0.15, 0.2) is 52.1 Å². The molecular weight excluding hydrogens is 389 g/mol. The third kappa shape index (κ3) is 6.01. The lowest BCUT2D eigenvalue weighted by molar-refractivity contribution is -0.129. The van der Waals surface area contributed by atoms with Gasteiger partial charge in [-0.15, -0.1) is 0 Å². The minimum atomic E-state index is -1.17. The van der Waals surface area contributed by atoms with Crippen molar-refractivity contribution in [2.45, 2.75) is 20.5 Å². The van der Waals surface area contributed by atoms with Crippen LogP contribution < -0.4 is 4.74 Å². The number of benzene rings is 2. The van der Waals surface area contributed by atoms with E-state index in [-0.39, 0.29) is 23.4 Å². The van der Waals surface area contributed by atoms with Crippen LogP contribution in [0.2, 0.25) is 0 Å². The van der Waals surface area contributed by atoms with Crippen molar-refractivity contribution in [3.8, 4) is 5.75 Å². The number of halogens is 2. The summed E-state index contributed by atoms with van der Waals surface area (Å²) >= 11 is 11.4. The Morgan fingerprint density at radius 3 is 2.63 bits per heavy atom. The van der Waals surface area contributed by atoms with Gasteiger partial charge in [-0.1, -0.05) is 64.8 Å². The highest BCUT2D eigenvalue weighted by molar-refractivity contribution is 6.57. The van der Waals surface area contributed by atoms with Gasteiger partial charge >= 0.3 is 5.97 Å². The molecule has 0 aliphatic heterocycles. The quantitative estimate of drug-likeness (QED) is 0.483. The Morgan fingerprint density at radius 1 is 1.22 bits per heavy atom. The standard InChI is InChI=1S/C20H19Cl2NO4/c1-3-27-23-19(20(24)25)16-7-5-4-6-15(16)12-26-17-10-14(11-18(21)22)9-8-13(17)2/h4-11H,3,12H2,1-2H3,(H,24,25). The van der Waals surface area contributed by atoms with Crippen LogP contribution in [0.4, 0.5) is 0 Å². The predicted molar refractivity (Wildman–Crippen MR) is 107 cm³/mol. The molecule has 0 heterocycles. The van der Waals surface area contributed by atoms with Gasteiger partial charge in [0.25, 0.3) is 0 Å². The number of hydrogen-bond donors (Lipinski definition) is 1. The van der Waals surface area contributed by atoms with Gasteiger partial charge in [-0.2, -0.15) is 0 Å². The van der Waals surface area contributed by atoms with Gasteiger partial charge in [-0.3, -0.25) is 0 Å². The van der Waals surface area contributed by atoms with Gasteiger partial charge in [0.1, 0.15) is 23.5 Å². The molecular formula is C20H19Cl2NO4. The van der Waals surface area contributed by atoms with Crippen LogP contribution in [0.3, 0.4) is 0 Å². The number of aryl methyl sites for hydroxylation is 1. The molecule has 1 N–H and O–H groups in total. The number of ether oxygens (including phenoxy) is 1. The highest BCUT2D eigenvalue weighted by Gasteiger charge is 2.18. The minimum Gasteiger partial charge on any atom is -0.489 e. The van der Waals surface area contributed by atoms with E-state index in [2.05, 4.69) is 5.16 Å². The molecule has 0 saturated heterocycles. The number of rotatable bonds is 8. The van der Waals surface area contributed by atoms with E-state index >= 15 is 0 Å². The maximum absolute atomic E-state index is 11.6. The van der Waals surface area contributed by atoms with Crippen LogP contribution in [0.5, 0.6) is 5.75 Å². The summed E-state index contributed by atoms with van der Waals surface area (Å²) in [5.74, 6) is -0.525. The topological polar surface area (TPSA) is 68.1 Å². The van der Waals surface area contributed by atoms with Crippen LogP contribution in [0.25, 0.3) is 6.08 Å². The Hall–Kier alpha value is -2.50. The minimum absolute atomic E-state index is 0.147. The van der Waals surface area contributed by atoms with Gasteiger partial charge in [0.15, 0.2) is 5.71 Å². The lowest BCUT2D eigenvalue weighted by Gasteiger charge is -2.13. The van der Waals surface area contributed by atoms with Gasteiger partial charge < -0.3 is 14.7 Å². The zero-order valence-electron chi connectivity index (χ0n) is 14.9. The van der Waals surface area contributed by atoms with Crippen molar-refractivity contribution in [1.82, 2.24) is 0 Å². The molecule has 2 aromatic carbocycles. The first-order chi connectivity index (χ1) is 12.9. The summed E-state index contributed by atoms with van der Waals surface area (Å²) in [6.07, 6.45) is 1.61. The second-order valence-electron chi connectivity index (χ2n) is 5.57. The molecule has 0 aliphatic carbocycles. The second-order valence-corrected chi connectivity index (χ2v) is 6.58. The van der Waals surface area contributed by atoms with Crippen molar-refractivity contribution < 1.29 is 19.5 Å². The molecule has 0 bridgehead atoms. The number of aliphatic carboxylic acids is 1. The van der Waals surface area contributed by atoms with E-state index in [1.807, 2.05) is 31.2 Å². The molecule has 7 heteroatoms. The molecule has 0 unspecified atom stereocenters. The Bertz CT molecular complexity index is 874. The molecule has 0 radical (unpaired) electrons. The van der Waals surface area contributed by atoms with Gasteiger partial charge in [0.05, 0.1) is 0 Å². The van der Waals surface area contributed by atoms with Crippen LogP contribution in [-0.4, -0.2) is 23.4 Å². The SMILES string of the molecule is CCON=C(C(=O)O)c1ccccc1COc1cc(C=C(Cl)Cl)ccc1C. The first-order valence-electron chi connectivity index (χ1n) is 8.20. The molecule has 0 aromatic heterocycles. The van der Waals surface area contributed by atoms with Gasteiger partial charge in [-0.05, 0) is 42.7 Å². The summed E-state index contributed by atoms with van der Waals surface area (Å²) in [5.41, 5.74) is 2.67. The molecule has 0 aliphatic rings. The molecule has 2 rings (SSSR count). The van der Waals surface area contributed by atoms with E-state index in [4.69, 9.17) is 32.8 Å². The normalized spacial score (nSPS) is 11.0. The largest absolute Gasteiger partial charge is 0.489 e. The number of carboxylic acids is 1. The van der Waals surface area contributed by atoms with Crippen molar-refractivity contribution in [3.05, 3.63) is 69.2 Å². The molecule has 27 heavy (non-hydrogen) atoms. The summed E-state index contributed by atoms with van der Waals surface area (Å²) in [4.78, 5) is 16.5. The van der Waals surface area contributed by atoms with E-state index in [1.54, 1.807) is 31.2 Å². The number of carbonyl (C=O) groups is 1. The van der Waals surface area contributed by atoms with Crippen molar-refractivity contribution in [1.29, 1.82) is 0 Å². The average Bonchev–Trinajstić information content (AvgIpc) is 2.62. The zero-order valence-corrected chi connectivity index (χ0v) is 16.4. The fourth-order valence-corrected chi connectivity index (χ4v) is 2.61. The lowest BCUT2D eigenvalue weighted by atomic mass is 10.0. The third-order valence-electron chi connectivity index (χ3n) is 3.63. The summed E-state index contributed by atoms with van der Waals surface area (Å²) in [5, 5.41) is 13.2. The fraction of sp³-hybridized carbons (Fsp3) is 0.200. The summed E-state index contributed by atoms with van der Waals surface area (Å²) in [7, 11) is 0. The maximum atomic E-state index is 11.6. The number of hydrogen-bond acceptors (Lipinski definition) is 4. The average molecular weight is 408 g/mol. The molecule has 5 nitrogen and oxygen atoms in total. The highest BCUT2D eigenvalue weighted by atomic mass is 35.5. The van der Waals surface area contributed by atoms with Crippen LogP contribution in [0, 0.1) is 6.92 Å². The first-order valence-corrected chi connectivity index (χ1v) is 8.95. The van der Waals surface area contributed by atoms with Crippen molar-refractivity contribution in [2.75, 3.05) is 6.61 Å². The highest BCUT2D eigenvalue weighted by Crippen LogP contribution is 2.24. The Balaban J connectivity index is 2.29. The number of nitrogens with zero attached hydrogens (tertiary/aromatic N) is 1. The molecule has 0 fully saturated rings. The van der Waals surface area contributed by atoms with E-state index < -0.39 is 5.97 Å². The lowest BCUT2D eigenvalue weighted by Crippen LogP contribution is -2.18. The van der Waals surface area contributed by atoms with Crippen LogP contribution in [-0.2, 0) is 16.2 Å². The predicted octanol–water partition coefficient (Wildman–Crippen LogP) is 5.18. The molecule has 0 spiro atoms. The molecule has 142 valence electrons. The van der Waals surface area contributed by atoms with Gasteiger partial charge in [0.2, 0.25) is 0 Å². The molecule has 2 aromatic rings. The summed E-state index contributed by atoms with van der Waals surface area (Å²) < 4.78 is 6.06. The number of oxime groups is 1. The summed E-state index contributed by atoms with van der Waals surface area (Å²) in [6.45, 7) is 4.08. The molecule has 0 atom stereocenters. The van der Waals surface area contributed by atoms with Crippen LogP contribution >= 0.6 is 23.2 Å². The van der Waals surface area contributed by atoms with Crippen molar-refractivity contribution >= 4 is 41.0 Å². The fourth-order valence-electron chi connectivity index (χ4n) is 2.35. The summed E-state index contributed by atoms with van der Waals surface area (Å²) in [6, 6.07) is 12.6. The monoisotopic (exact) mass is 407 g/mol. The van der Waals surface area contributed by atoms with E-state index in [0.29, 0.717) is 16.9 Å². The van der Waals surface area contributed by atoms with E-state index in [1.165, 1.54) is 0 Å². The molecule has 0 amide bonds. The maximum Gasteiger partial charge on any atom is 0.358 e. The molecule has 0 saturated carbocycles. The zero-order chi connectivity index (χ0) is 19.8. The van der Waals surface area contributed by atoms with Crippen molar-refractivity contribution in [2.24, 2.45) is 5.16 Å². The van der Waals surface area contributed by atoms with Crippen LogP contribution in [0.1, 0.15) is 29.2 Å². The Kier molecular flexibility index (Phi) is 7.70.